The fourth-order valence-corrected chi connectivity index (χ4v) is 1.42. The van der Waals surface area contributed by atoms with E-state index in [0.29, 0.717) is 23.0 Å². The van der Waals surface area contributed by atoms with E-state index in [9.17, 15) is 26.3 Å². The van der Waals surface area contributed by atoms with Crippen molar-refractivity contribution >= 4 is 5.69 Å². The van der Waals surface area contributed by atoms with Gasteiger partial charge in [0.1, 0.15) is 5.69 Å². The molecular weight excluding hydrogens is 290 g/mol. The molecule has 0 bridgehead atoms. The first kappa shape index (κ1) is 14.2. The van der Waals surface area contributed by atoms with Gasteiger partial charge in [-0.1, -0.05) is 0 Å². The molecule has 0 saturated carbocycles. The fourth-order valence-electron chi connectivity index (χ4n) is 1.42. The van der Waals surface area contributed by atoms with Crippen LogP contribution < -0.4 is 5.73 Å². The van der Waals surface area contributed by atoms with Gasteiger partial charge in [0.25, 0.3) is 0 Å². The van der Waals surface area contributed by atoms with E-state index >= 15 is 0 Å². The molecule has 10 heteroatoms. The molecule has 0 atom stereocenters. The molecule has 2 aromatic heterocycles. The minimum atomic E-state index is -4.73. The summed E-state index contributed by atoms with van der Waals surface area (Å²) >= 11 is 0. The second kappa shape index (κ2) is 4.39. The van der Waals surface area contributed by atoms with E-state index in [1.165, 1.54) is 0 Å². The Balaban J connectivity index is 2.50. The topological polar surface area (TPSA) is 56.7 Å². The van der Waals surface area contributed by atoms with Crippen molar-refractivity contribution in [1.29, 1.82) is 0 Å². The van der Waals surface area contributed by atoms with Crippen molar-refractivity contribution in [2.45, 2.75) is 12.4 Å². The Kier molecular flexibility index (Phi) is 3.11. The standard InChI is InChI=1S/C10H6F6N4/c11-9(12,13)7-1-2-20(19-7)6-3-8(10(14,15)16)18-4-5(6)17/h1-4H,17H2. The molecule has 0 fully saturated rings. The van der Waals surface area contributed by atoms with E-state index < -0.39 is 23.7 Å². The molecule has 2 N–H and O–H groups in total. The molecular formula is C10H6F6N4. The average Bonchev–Trinajstić information content (AvgIpc) is 2.76. The van der Waals surface area contributed by atoms with Gasteiger partial charge in [0, 0.05) is 6.20 Å². The highest BCUT2D eigenvalue weighted by atomic mass is 19.4. The van der Waals surface area contributed by atoms with Crippen LogP contribution in [-0.4, -0.2) is 14.8 Å². The lowest BCUT2D eigenvalue weighted by Gasteiger charge is -2.10. The maximum atomic E-state index is 12.5. The maximum absolute atomic E-state index is 12.5. The van der Waals surface area contributed by atoms with Gasteiger partial charge in [-0.25, -0.2) is 9.67 Å². The first-order valence-electron chi connectivity index (χ1n) is 5.05. The van der Waals surface area contributed by atoms with E-state index in [2.05, 4.69) is 10.1 Å². The predicted octanol–water partition coefficient (Wildman–Crippen LogP) is 2.89. The highest BCUT2D eigenvalue weighted by Crippen LogP contribution is 2.31. The average molecular weight is 296 g/mol. The largest absolute Gasteiger partial charge is 0.435 e. The molecule has 0 radical (unpaired) electrons. The second-order valence-electron chi connectivity index (χ2n) is 3.77. The van der Waals surface area contributed by atoms with Crippen LogP contribution in [0.2, 0.25) is 0 Å². The maximum Gasteiger partial charge on any atom is 0.435 e. The molecule has 0 aliphatic carbocycles. The molecule has 0 unspecified atom stereocenters. The Hall–Kier alpha value is -2.26. The molecule has 0 aliphatic heterocycles. The fraction of sp³-hybridized carbons (Fsp3) is 0.200. The zero-order valence-corrected chi connectivity index (χ0v) is 9.50. The third kappa shape index (κ3) is 2.68. The molecule has 0 aliphatic rings. The molecule has 2 aromatic rings. The van der Waals surface area contributed by atoms with Crippen LogP contribution in [0.1, 0.15) is 11.4 Å². The highest BCUT2D eigenvalue weighted by molar-refractivity contribution is 5.56. The smallest absolute Gasteiger partial charge is 0.396 e. The molecule has 108 valence electrons. The predicted molar refractivity (Wildman–Crippen MR) is 55.8 cm³/mol. The number of nitrogens with zero attached hydrogens (tertiary/aromatic N) is 3. The van der Waals surface area contributed by atoms with Gasteiger partial charge in [0.05, 0.1) is 17.6 Å². The first-order chi connectivity index (χ1) is 9.09. The summed E-state index contributed by atoms with van der Waals surface area (Å²) < 4.78 is 75.3. The molecule has 0 spiro atoms. The lowest BCUT2D eigenvalue weighted by atomic mass is 10.3. The highest BCUT2D eigenvalue weighted by Gasteiger charge is 2.35. The van der Waals surface area contributed by atoms with Gasteiger partial charge in [-0.15, -0.1) is 0 Å². The van der Waals surface area contributed by atoms with Gasteiger partial charge in [-0.2, -0.15) is 31.4 Å². The Bertz CT molecular complexity index is 627. The summed E-state index contributed by atoms with van der Waals surface area (Å²) in [6.45, 7) is 0. The van der Waals surface area contributed by atoms with Crippen molar-refractivity contribution in [3.8, 4) is 5.69 Å². The molecule has 4 nitrogen and oxygen atoms in total. The third-order valence-corrected chi connectivity index (χ3v) is 2.33. The summed E-state index contributed by atoms with van der Waals surface area (Å²) in [4.78, 5) is 3.08. The van der Waals surface area contributed by atoms with Crippen LogP contribution in [0, 0.1) is 0 Å². The quantitative estimate of drug-likeness (QED) is 0.823. The summed E-state index contributed by atoms with van der Waals surface area (Å²) in [5.74, 6) is 0. The molecule has 2 rings (SSSR count). The minimum absolute atomic E-state index is 0.227. The molecule has 20 heavy (non-hydrogen) atoms. The number of rotatable bonds is 1. The van der Waals surface area contributed by atoms with E-state index in [1.807, 2.05) is 0 Å². The van der Waals surface area contributed by atoms with Gasteiger partial charge >= 0.3 is 12.4 Å². The Labute approximate surface area is 107 Å². The number of aromatic nitrogens is 3. The van der Waals surface area contributed by atoms with Crippen LogP contribution in [0.15, 0.2) is 24.5 Å². The molecule has 2 heterocycles. The number of hydrogen-bond acceptors (Lipinski definition) is 3. The van der Waals surface area contributed by atoms with Gasteiger partial charge in [-0.3, -0.25) is 0 Å². The summed E-state index contributed by atoms with van der Waals surface area (Å²) in [5, 5.41) is 3.15. The van der Waals surface area contributed by atoms with Crippen molar-refractivity contribution < 1.29 is 26.3 Å². The summed E-state index contributed by atoms with van der Waals surface area (Å²) in [5.41, 5.74) is 2.35. The van der Waals surface area contributed by atoms with E-state index in [1.54, 1.807) is 0 Å². The van der Waals surface area contributed by atoms with Crippen LogP contribution in [0.5, 0.6) is 0 Å². The Morgan fingerprint density at radius 3 is 2.10 bits per heavy atom. The van der Waals surface area contributed by atoms with Crippen LogP contribution in [0.3, 0.4) is 0 Å². The lowest BCUT2D eigenvalue weighted by molar-refractivity contribution is -0.142. The van der Waals surface area contributed by atoms with E-state index in [4.69, 9.17) is 5.73 Å². The second-order valence-corrected chi connectivity index (χ2v) is 3.77. The summed E-state index contributed by atoms with van der Waals surface area (Å²) in [6.07, 6.45) is -7.84. The first-order valence-corrected chi connectivity index (χ1v) is 5.05. The number of hydrogen-bond donors (Lipinski definition) is 1. The van der Waals surface area contributed by atoms with Gasteiger partial charge in [-0.05, 0) is 12.1 Å². The SMILES string of the molecule is Nc1cnc(C(F)(F)F)cc1-n1ccc(C(F)(F)F)n1. The minimum Gasteiger partial charge on any atom is -0.396 e. The number of halogens is 6. The third-order valence-electron chi connectivity index (χ3n) is 2.33. The van der Waals surface area contributed by atoms with Crippen LogP contribution in [0.25, 0.3) is 5.69 Å². The Morgan fingerprint density at radius 2 is 1.60 bits per heavy atom. The van der Waals surface area contributed by atoms with Crippen molar-refractivity contribution in [2.24, 2.45) is 0 Å². The zero-order valence-electron chi connectivity index (χ0n) is 9.50. The van der Waals surface area contributed by atoms with Gasteiger partial charge in [0.2, 0.25) is 0 Å². The van der Waals surface area contributed by atoms with Gasteiger partial charge < -0.3 is 5.73 Å². The van der Waals surface area contributed by atoms with Crippen molar-refractivity contribution in [1.82, 2.24) is 14.8 Å². The summed E-state index contributed by atoms with van der Waals surface area (Å²) in [6, 6.07) is 1.16. The number of anilines is 1. The lowest BCUT2D eigenvalue weighted by Crippen LogP contribution is -2.12. The molecule has 0 amide bonds. The van der Waals surface area contributed by atoms with Crippen LogP contribution >= 0.6 is 0 Å². The Morgan fingerprint density at radius 1 is 1.00 bits per heavy atom. The van der Waals surface area contributed by atoms with Crippen molar-refractivity contribution in [2.75, 3.05) is 5.73 Å². The zero-order chi connectivity index (χ0) is 15.1. The number of pyridine rings is 1. The van der Waals surface area contributed by atoms with E-state index in [-0.39, 0.29) is 11.4 Å². The molecule has 0 saturated heterocycles. The van der Waals surface area contributed by atoms with Crippen molar-refractivity contribution in [3.05, 3.63) is 35.9 Å². The van der Waals surface area contributed by atoms with Crippen LogP contribution in [0.4, 0.5) is 32.0 Å². The molecule has 0 aromatic carbocycles. The van der Waals surface area contributed by atoms with E-state index in [0.717, 1.165) is 6.20 Å². The summed E-state index contributed by atoms with van der Waals surface area (Å²) in [7, 11) is 0. The number of nitrogens with two attached hydrogens (primary N) is 1. The number of alkyl halides is 6. The monoisotopic (exact) mass is 296 g/mol. The number of nitrogen functional groups attached to an aromatic ring is 1. The van der Waals surface area contributed by atoms with Crippen molar-refractivity contribution in [3.63, 3.8) is 0 Å². The van der Waals surface area contributed by atoms with Gasteiger partial charge in [0.15, 0.2) is 5.69 Å². The van der Waals surface area contributed by atoms with Crippen LogP contribution in [-0.2, 0) is 12.4 Å². The normalized spacial score (nSPS) is 12.7.